The summed E-state index contributed by atoms with van der Waals surface area (Å²) >= 11 is 0. The second kappa shape index (κ2) is 6.01. The lowest BCUT2D eigenvalue weighted by Crippen LogP contribution is -2.26. The first kappa shape index (κ1) is 14.0. The molecule has 2 N–H and O–H groups in total. The van der Waals surface area contributed by atoms with Crippen LogP contribution in [0.15, 0.2) is 0 Å². The van der Waals surface area contributed by atoms with Crippen molar-refractivity contribution < 1.29 is 8.42 Å². The van der Waals surface area contributed by atoms with Gasteiger partial charge in [0.25, 0.3) is 0 Å². The molecular formula is C12H25NO2S. The van der Waals surface area contributed by atoms with Crippen LogP contribution in [-0.2, 0) is 9.84 Å². The van der Waals surface area contributed by atoms with Gasteiger partial charge >= 0.3 is 0 Å². The highest BCUT2D eigenvalue weighted by Crippen LogP contribution is 2.30. The minimum Gasteiger partial charge on any atom is -0.330 e. The smallest absolute Gasteiger partial charge is 0.150 e. The molecule has 0 aromatic heterocycles. The first-order valence-corrected chi connectivity index (χ1v) is 8.21. The Hall–Kier alpha value is -0.0900. The fourth-order valence-corrected chi connectivity index (χ4v) is 4.72. The molecule has 0 bridgehead atoms. The summed E-state index contributed by atoms with van der Waals surface area (Å²) in [5.41, 5.74) is 5.79. The largest absolute Gasteiger partial charge is 0.330 e. The van der Waals surface area contributed by atoms with Gasteiger partial charge in [0, 0.05) is 0 Å². The molecule has 16 heavy (non-hydrogen) atoms. The van der Waals surface area contributed by atoms with Crippen LogP contribution in [0.4, 0.5) is 0 Å². The predicted molar refractivity (Wildman–Crippen MR) is 68.0 cm³/mol. The maximum absolute atomic E-state index is 11.4. The molecule has 1 saturated heterocycles. The Bertz CT molecular complexity index is 300. The number of rotatable bonds is 6. The van der Waals surface area contributed by atoms with Crippen LogP contribution in [0.2, 0.25) is 0 Å². The third-order valence-electron chi connectivity index (χ3n) is 3.72. The molecule has 3 nitrogen and oxygen atoms in total. The van der Waals surface area contributed by atoms with Gasteiger partial charge in [0.15, 0.2) is 9.84 Å². The van der Waals surface area contributed by atoms with E-state index >= 15 is 0 Å². The van der Waals surface area contributed by atoms with E-state index in [0.717, 1.165) is 12.8 Å². The lowest BCUT2D eigenvalue weighted by Gasteiger charge is -2.24. The van der Waals surface area contributed by atoms with E-state index in [4.69, 9.17) is 5.73 Å². The minimum atomic E-state index is -2.75. The van der Waals surface area contributed by atoms with Crippen molar-refractivity contribution in [2.45, 2.75) is 39.5 Å². The average molecular weight is 247 g/mol. The van der Waals surface area contributed by atoms with Gasteiger partial charge in [-0.15, -0.1) is 0 Å². The van der Waals surface area contributed by atoms with Crippen LogP contribution in [-0.4, -0.2) is 26.5 Å². The van der Waals surface area contributed by atoms with Crippen LogP contribution in [0.25, 0.3) is 0 Å². The first-order chi connectivity index (χ1) is 7.48. The molecule has 3 unspecified atom stereocenters. The zero-order chi connectivity index (χ0) is 12.2. The fourth-order valence-electron chi connectivity index (χ4n) is 2.80. The molecule has 0 saturated carbocycles. The molecular weight excluding hydrogens is 222 g/mol. The molecule has 4 heteroatoms. The van der Waals surface area contributed by atoms with E-state index in [0.29, 0.717) is 35.8 Å². The van der Waals surface area contributed by atoms with Crippen LogP contribution in [0.1, 0.15) is 39.5 Å². The molecule has 3 atom stereocenters. The van der Waals surface area contributed by atoms with Crippen molar-refractivity contribution in [3.63, 3.8) is 0 Å². The van der Waals surface area contributed by atoms with Crippen LogP contribution >= 0.6 is 0 Å². The fraction of sp³-hybridized carbons (Fsp3) is 1.00. The van der Waals surface area contributed by atoms with Gasteiger partial charge in [0.1, 0.15) is 0 Å². The lowest BCUT2D eigenvalue weighted by molar-refractivity contribution is 0.293. The topological polar surface area (TPSA) is 60.2 Å². The van der Waals surface area contributed by atoms with Gasteiger partial charge in [-0.25, -0.2) is 8.42 Å². The highest BCUT2D eigenvalue weighted by Gasteiger charge is 2.33. The van der Waals surface area contributed by atoms with Crippen LogP contribution in [0.3, 0.4) is 0 Å². The summed E-state index contributed by atoms with van der Waals surface area (Å²) in [6, 6.07) is 0. The summed E-state index contributed by atoms with van der Waals surface area (Å²) in [5, 5.41) is 0. The molecule has 1 aliphatic rings. The Morgan fingerprint density at radius 2 is 2.12 bits per heavy atom. The number of nitrogens with two attached hydrogens (primary N) is 1. The first-order valence-electron chi connectivity index (χ1n) is 6.39. The van der Waals surface area contributed by atoms with Gasteiger partial charge in [-0.05, 0) is 37.1 Å². The van der Waals surface area contributed by atoms with Gasteiger partial charge in [0.05, 0.1) is 11.5 Å². The van der Waals surface area contributed by atoms with E-state index in [-0.39, 0.29) is 0 Å². The molecule has 0 aromatic carbocycles. The van der Waals surface area contributed by atoms with E-state index in [1.54, 1.807) is 0 Å². The SMILES string of the molecule is CCCC(C)CC(CN)C1CCS(=O)(=O)C1. The van der Waals surface area contributed by atoms with E-state index in [1.807, 2.05) is 0 Å². The monoisotopic (exact) mass is 247 g/mol. The van der Waals surface area contributed by atoms with Crippen molar-refractivity contribution >= 4 is 9.84 Å². The van der Waals surface area contributed by atoms with E-state index in [1.165, 1.54) is 12.8 Å². The molecule has 1 heterocycles. The van der Waals surface area contributed by atoms with Gasteiger partial charge in [0.2, 0.25) is 0 Å². The standard InChI is InChI=1S/C12H25NO2S/c1-3-4-10(2)7-12(8-13)11-5-6-16(14,15)9-11/h10-12H,3-9,13H2,1-2H3. The predicted octanol–water partition coefficient (Wildman–Crippen LogP) is 1.82. The third-order valence-corrected chi connectivity index (χ3v) is 5.52. The van der Waals surface area contributed by atoms with Crippen LogP contribution in [0.5, 0.6) is 0 Å². The molecule has 1 fully saturated rings. The molecule has 96 valence electrons. The maximum atomic E-state index is 11.4. The Morgan fingerprint density at radius 3 is 2.56 bits per heavy atom. The number of hydrogen-bond acceptors (Lipinski definition) is 3. The van der Waals surface area contributed by atoms with E-state index in [9.17, 15) is 8.42 Å². The average Bonchev–Trinajstić information content (AvgIpc) is 2.55. The molecule has 1 aliphatic heterocycles. The van der Waals surface area contributed by atoms with Gasteiger partial charge < -0.3 is 5.73 Å². The number of sulfone groups is 1. The third kappa shape index (κ3) is 4.06. The molecule has 0 amide bonds. The summed E-state index contributed by atoms with van der Waals surface area (Å²) in [6.07, 6.45) is 4.32. The zero-order valence-corrected chi connectivity index (χ0v) is 11.3. The van der Waals surface area contributed by atoms with Crippen molar-refractivity contribution in [1.82, 2.24) is 0 Å². The second-order valence-corrected chi connectivity index (χ2v) is 7.52. The van der Waals surface area contributed by atoms with E-state index < -0.39 is 9.84 Å². The van der Waals surface area contributed by atoms with Crippen molar-refractivity contribution in [3.8, 4) is 0 Å². The quantitative estimate of drug-likeness (QED) is 0.779. The zero-order valence-electron chi connectivity index (χ0n) is 10.5. The van der Waals surface area contributed by atoms with Gasteiger partial charge in [-0.2, -0.15) is 0 Å². The van der Waals surface area contributed by atoms with Crippen LogP contribution in [0, 0.1) is 17.8 Å². The van der Waals surface area contributed by atoms with Crippen molar-refractivity contribution in [2.24, 2.45) is 23.5 Å². The minimum absolute atomic E-state index is 0.314. The normalized spacial score (nSPS) is 27.8. The summed E-state index contributed by atoms with van der Waals surface area (Å²) in [5.74, 6) is 2.12. The molecule has 0 aliphatic carbocycles. The lowest BCUT2D eigenvalue weighted by atomic mass is 9.83. The van der Waals surface area contributed by atoms with Gasteiger partial charge in [-0.3, -0.25) is 0 Å². The highest BCUT2D eigenvalue weighted by atomic mass is 32.2. The summed E-state index contributed by atoms with van der Waals surface area (Å²) < 4.78 is 22.9. The summed E-state index contributed by atoms with van der Waals surface area (Å²) in [4.78, 5) is 0. The number of hydrogen-bond donors (Lipinski definition) is 1. The summed E-state index contributed by atoms with van der Waals surface area (Å²) in [7, 11) is -2.75. The molecule has 0 aromatic rings. The van der Waals surface area contributed by atoms with Crippen molar-refractivity contribution in [1.29, 1.82) is 0 Å². The Kier molecular flexibility index (Phi) is 5.25. The van der Waals surface area contributed by atoms with Crippen molar-refractivity contribution in [2.75, 3.05) is 18.1 Å². The Labute approximate surface area is 99.7 Å². The summed E-state index contributed by atoms with van der Waals surface area (Å²) in [6.45, 7) is 5.07. The van der Waals surface area contributed by atoms with Crippen molar-refractivity contribution in [3.05, 3.63) is 0 Å². The second-order valence-electron chi connectivity index (χ2n) is 5.29. The molecule has 1 rings (SSSR count). The Balaban J connectivity index is 2.49. The highest BCUT2D eigenvalue weighted by molar-refractivity contribution is 7.91. The molecule has 0 spiro atoms. The van der Waals surface area contributed by atoms with Gasteiger partial charge in [-0.1, -0.05) is 26.7 Å². The molecule has 0 radical (unpaired) electrons. The maximum Gasteiger partial charge on any atom is 0.150 e. The Morgan fingerprint density at radius 1 is 1.44 bits per heavy atom. The van der Waals surface area contributed by atoms with E-state index in [2.05, 4.69) is 13.8 Å². The van der Waals surface area contributed by atoms with Crippen LogP contribution < -0.4 is 5.73 Å².